The fraction of sp³-hybridized carbons (Fsp3) is 0.346. The Hall–Kier alpha value is -3.12. The standard InChI is InChI=1S/C26H28ClN3O3/c1-4-20-12-5-6-14-29(20)24(31)18-10-8-11-19(15-18)28-23-22(27)25(32)30(26(23)33)21-13-7-9-16(2)17(21)3/h7-11,13,15,20,28H,4-6,12,14H2,1-3H3. The third kappa shape index (κ3) is 4.27. The van der Waals surface area contributed by atoms with Crippen molar-refractivity contribution in [1.29, 1.82) is 0 Å². The van der Waals surface area contributed by atoms with Crippen LogP contribution in [0.5, 0.6) is 0 Å². The van der Waals surface area contributed by atoms with Gasteiger partial charge < -0.3 is 10.2 Å². The Morgan fingerprint density at radius 3 is 2.61 bits per heavy atom. The maximum absolute atomic E-state index is 13.2. The van der Waals surface area contributed by atoms with Gasteiger partial charge in [0.15, 0.2) is 0 Å². The number of carbonyl (C=O) groups is 3. The van der Waals surface area contributed by atoms with Crippen LogP contribution in [0.25, 0.3) is 0 Å². The summed E-state index contributed by atoms with van der Waals surface area (Å²) in [6.45, 7) is 6.65. The number of amides is 3. The summed E-state index contributed by atoms with van der Waals surface area (Å²) in [6, 6.07) is 12.7. The van der Waals surface area contributed by atoms with Crippen molar-refractivity contribution in [3.05, 3.63) is 69.9 Å². The SMILES string of the molecule is CCC1CCCCN1C(=O)c1cccc(NC2=C(Cl)C(=O)N(c3cccc(C)c3C)C2=O)c1. The predicted octanol–water partition coefficient (Wildman–Crippen LogP) is 5.14. The number of likely N-dealkylation sites (tertiary alicyclic amines) is 1. The van der Waals surface area contributed by atoms with Gasteiger partial charge in [0, 0.05) is 23.8 Å². The molecule has 1 N–H and O–H groups in total. The summed E-state index contributed by atoms with van der Waals surface area (Å²) >= 11 is 6.30. The number of anilines is 2. The second-order valence-electron chi connectivity index (χ2n) is 8.62. The molecule has 2 aliphatic rings. The van der Waals surface area contributed by atoms with Crippen LogP contribution in [0.2, 0.25) is 0 Å². The molecule has 0 saturated carbocycles. The summed E-state index contributed by atoms with van der Waals surface area (Å²) < 4.78 is 0. The fourth-order valence-electron chi connectivity index (χ4n) is 4.54. The number of imide groups is 1. The minimum absolute atomic E-state index is 0.0107. The molecule has 0 bridgehead atoms. The van der Waals surface area contributed by atoms with Crippen molar-refractivity contribution in [2.24, 2.45) is 0 Å². The van der Waals surface area contributed by atoms with Crippen molar-refractivity contribution < 1.29 is 14.4 Å². The highest BCUT2D eigenvalue weighted by molar-refractivity contribution is 6.53. The molecule has 4 rings (SSSR count). The number of rotatable bonds is 5. The van der Waals surface area contributed by atoms with Crippen molar-refractivity contribution in [2.45, 2.75) is 52.5 Å². The maximum Gasteiger partial charge on any atom is 0.283 e. The van der Waals surface area contributed by atoms with E-state index in [0.29, 0.717) is 16.9 Å². The average molecular weight is 466 g/mol. The number of hydrogen-bond donors (Lipinski definition) is 1. The van der Waals surface area contributed by atoms with Crippen LogP contribution >= 0.6 is 11.6 Å². The summed E-state index contributed by atoms with van der Waals surface area (Å²) in [5, 5.41) is 2.83. The third-order valence-corrected chi connectivity index (χ3v) is 6.93. The zero-order valence-corrected chi connectivity index (χ0v) is 19.9. The quantitative estimate of drug-likeness (QED) is 0.620. The van der Waals surface area contributed by atoms with Crippen LogP contribution in [0.3, 0.4) is 0 Å². The molecular weight excluding hydrogens is 438 g/mol. The Labute approximate surface area is 199 Å². The molecule has 1 fully saturated rings. The summed E-state index contributed by atoms with van der Waals surface area (Å²) in [4.78, 5) is 42.2. The number of benzene rings is 2. The van der Waals surface area contributed by atoms with Crippen molar-refractivity contribution in [3.8, 4) is 0 Å². The zero-order valence-electron chi connectivity index (χ0n) is 19.2. The number of hydrogen-bond acceptors (Lipinski definition) is 4. The van der Waals surface area contributed by atoms with E-state index in [2.05, 4.69) is 12.2 Å². The van der Waals surface area contributed by atoms with Gasteiger partial charge in [0.25, 0.3) is 17.7 Å². The summed E-state index contributed by atoms with van der Waals surface area (Å²) in [5.41, 5.74) is 3.41. The molecule has 33 heavy (non-hydrogen) atoms. The second kappa shape index (κ2) is 9.40. The van der Waals surface area contributed by atoms with Crippen LogP contribution in [0.4, 0.5) is 11.4 Å². The number of halogens is 1. The van der Waals surface area contributed by atoms with Gasteiger partial charge in [0.05, 0.1) is 5.69 Å². The highest BCUT2D eigenvalue weighted by Gasteiger charge is 2.39. The van der Waals surface area contributed by atoms with E-state index in [1.807, 2.05) is 24.8 Å². The van der Waals surface area contributed by atoms with Crippen molar-refractivity contribution in [1.82, 2.24) is 4.90 Å². The molecule has 1 unspecified atom stereocenters. The van der Waals surface area contributed by atoms with E-state index < -0.39 is 11.8 Å². The van der Waals surface area contributed by atoms with Crippen LogP contribution in [0, 0.1) is 13.8 Å². The van der Waals surface area contributed by atoms with E-state index in [-0.39, 0.29) is 22.7 Å². The van der Waals surface area contributed by atoms with Gasteiger partial charge in [-0.3, -0.25) is 14.4 Å². The first-order chi connectivity index (χ1) is 15.8. The highest BCUT2D eigenvalue weighted by Crippen LogP contribution is 2.33. The van der Waals surface area contributed by atoms with Crippen LogP contribution in [-0.2, 0) is 9.59 Å². The first-order valence-electron chi connectivity index (χ1n) is 11.4. The topological polar surface area (TPSA) is 69.7 Å². The molecule has 7 heteroatoms. The van der Waals surface area contributed by atoms with Gasteiger partial charge in [0.2, 0.25) is 0 Å². The van der Waals surface area contributed by atoms with E-state index in [0.717, 1.165) is 48.3 Å². The Kier molecular flexibility index (Phi) is 6.56. The number of carbonyl (C=O) groups excluding carboxylic acids is 3. The van der Waals surface area contributed by atoms with E-state index in [4.69, 9.17) is 11.6 Å². The molecule has 2 aromatic carbocycles. The van der Waals surface area contributed by atoms with Crippen molar-refractivity contribution in [3.63, 3.8) is 0 Å². The van der Waals surface area contributed by atoms with Crippen molar-refractivity contribution in [2.75, 3.05) is 16.8 Å². The third-order valence-electron chi connectivity index (χ3n) is 6.58. The molecule has 2 aromatic rings. The first kappa shape index (κ1) is 23.1. The van der Waals surface area contributed by atoms with Gasteiger partial charge in [-0.2, -0.15) is 0 Å². The lowest BCUT2D eigenvalue weighted by Crippen LogP contribution is -2.43. The Morgan fingerprint density at radius 2 is 1.85 bits per heavy atom. The van der Waals surface area contributed by atoms with Gasteiger partial charge in [-0.15, -0.1) is 0 Å². The van der Waals surface area contributed by atoms with E-state index in [1.54, 1.807) is 36.4 Å². The average Bonchev–Trinajstić information content (AvgIpc) is 3.03. The molecule has 2 heterocycles. The molecule has 1 saturated heterocycles. The molecule has 172 valence electrons. The Bertz CT molecular complexity index is 1160. The normalized spacial score (nSPS) is 18.8. The van der Waals surface area contributed by atoms with E-state index >= 15 is 0 Å². The molecule has 0 spiro atoms. The fourth-order valence-corrected chi connectivity index (χ4v) is 4.75. The number of aryl methyl sites for hydroxylation is 1. The van der Waals surface area contributed by atoms with Crippen LogP contribution in [0.1, 0.15) is 54.1 Å². The predicted molar refractivity (Wildman–Crippen MR) is 130 cm³/mol. The highest BCUT2D eigenvalue weighted by atomic mass is 35.5. The van der Waals surface area contributed by atoms with Crippen LogP contribution in [0.15, 0.2) is 53.2 Å². The summed E-state index contributed by atoms with van der Waals surface area (Å²) in [5.74, 6) is -1.10. The Morgan fingerprint density at radius 1 is 1.09 bits per heavy atom. The summed E-state index contributed by atoms with van der Waals surface area (Å²) in [7, 11) is 0. The molecule has 1 atom stereocenters. The molecular formula is C26H28ClN3O3. The lowest BCUT2D eigenvalue weighted by molar-refractivity contribution is -0.120. The minimum atomic E-state index is -0.566. The molecule has 2 aliphatic heterocycles. The van der Waals surface area contributed by atoms with Gasteiger partial charge in [-0.1, -0.05) is 36.7 Å². The lowest BCUT2D eigenvalue weighted by Gasteiger charge is -2.35. The monoisotopic (exact) mass is 465 g/mol. The van der Waals surface area contributed by atoms with Crippen LogP contribution in [-0.4, -0.2) is 35.2 Å². The van der Waals surface area contributed by atoms with E-state index in [1.165, 1.54) is 0 Å². The molecule has 0 radical (unpaired) electrons. The molecule has 0 aromatic heterocycles. The van der Waals surface area contributed by atoms with Crippen LogP contribution < -0.4 is 10.2 Å². The lowest BCUT2D eigenvalue weighted by atomic mass is 9.99. The second-order valence-corrected chi connectivity index (χ2v) is 8.99. The number of nitrogens with one attached hydrogen (secondary N) is 1. The first-order valence-corrected chi connectivity index (χ1v) is 11.7. The smallest absolute Gasteiger partial charge is 0.283 e. The maximum atomic E-state index is 13.2. The van der Waals surface area contributed by atoms with E-state index in [9.17, 15) is 14.4 Å². The zero-order chi connectivity index (χ0) is 23.7. The van der Waals surface area contributed by atoms with Gasteiger partial charge >= 0.3 is 0 Å². The molecule has 3 amide bonds. The van der Waals surface area contributed by atoms with Crippen molar-refractivity contribution >= 4 is 40.7 Å². The largest absolute Gasteiger partial charge is 0.350 e. The minimum Gasteiger partial charge on any atom is -0.350 e. The number of piperidine rings is 1. The van der Waals surface area contributed by atoms with Gasteiger partial charge in [0.1, 0.15) is 10.7 Å². The van der Waals surface area contributed by atoms with Gasteiger partial charge in [-0.05, 0) is 74.9 Å². The molecule has 0 aliphatic carbocycles. The van der Waals surface area contributed by atoms with Gasteiger partial charge in [-0.25, -0.2) is 4.90 Å². The summed E-state index contributed by atoms with van der Waals surface area (Å²) in [6.07, 6.45) is 4.10. The Balaban J connectivity index is 1.58. The number of nitrogens with zero attached hydrogens (tertiary/aromatic N) is 2. The molecule has 6 nitrogen and oxygen atoms in total.